The predicted octanol–water partition coefficient (Wildman–Crippen LogP) is 5.83. The minimum absolute atomic E-state index is 0.537. The van der Waals surface area contributed by atoms with E-state index in [1.807, 2.05) is 6.08 Å². The summed E-state index contributed by atoms with van der Waals surface area (Å²) in [6, 6.07) is 2.35. The van der Waals surface area contributed by atoms with Gasteiger partial charge in [0.25, 0.3) is 0 Å². The van der Waals surface area contributed by atoms with Crippen LogP contribution < -0.4 is 0 Å². The summed E-state index contributed by atoms with van der Waals surface area (Å²) in [5, 5.41) is 0. The van der Waals surface area contributed by atoms with Gasteiger partial charge in [-0.3, -0.25) is 0 Å². The molecule has 0 aromatic heterocycles. The molecule has 1 atom stereocenters. The fourth-order valence-electron chi connectivity index (χ4n) is 3.26. The molecule has 0 aliphatic heterocycles. The minimum atomic E-state index is 0.537. The molecule has 0 bridgehead atoms. The second kappa shape index (κ2) is 4.94. The number of hydrogen-bond donors (Lipinski definition) is 0. The zero-order chi connectivity index (χ0) is 13.6. The van der Waals surface area contributed by atoms with Crippen molar-refractivity contribution in [2.75, 3.05) is 0 Å². The SMILES string of the molecule is C=Cc1cc2c(c(C)c1/C=C(\C)C1CC1)C(Br)CC2. The van der Waals surface area contributed by atoms with E-state index < -0.39 is 0 Å². The highest BCUT2D eigenvalue weighted by Gasteiger charge is 2.26. The summed E-state index contributed by atoms with van der Waals surface area (Å²) in [4.78, 5) is 0.537. The molecule has 2 aliphatic carbocycles. The van der Waals surface area contributed by atoms with Crippen molar-refractivity contribution >= 4 is 28.1 Å². The highest BCUT2D eigenvalue weighted by Crippen LogP contribution is 2.43. The molecule has 0 amide bonds. The van der Waals surface area contributed by atoms with Gasteiger partial charge in [0.2, 0.25) is 0 Å². The molecular formula is C18H21Br. The first kappa shape index (κ1) is 13.2. The lowest BCUT2D eigenvalue weighted by Gasteiger charge is -2.15. The molecule has 0 heterocycles. The van der Waals surface area contributed by atoms with Crippen LogP contribution in [-0.2, 0) is 6.42 Å². The molecule has 100 valence electrons. The van der Waals surface area contributed by atoms with E-state index in [4.69, 9.17) is 0 Å². The smallest absolute Gasteiger partial charge is 0.0404 e. The van der Waals surface area contributed by atoms with Crippen molar-refractivity contribution in [3.05, 3.63) is 46.0 Å². The van der Waals surface area contributed by atoms with Gasteiger partial charge < -0.3 is 0 Å². The van der Waals surface area contributed by atoms with E-state index in [9.17, 15) is 0 Å². The quantitative estimate of drug-likeness (QED) is 0.615. The summed E-state index contributed by atoms with van der Waals surface area (Å²) in [7, 11) is 0. The maximum Gasteiger partial charge on any atom is 0.0404 e. The molecule has 1 fully saturated rings. The number of aryl methyl sites for hydroxylation is 1. The third kappa shape index (κ3) is 2.33. The van der Waals surface area contributed by atoms with E-state index in [1.165, 1.54) is 59.1 Å². The Balaban J connectivity index is 2.14. The Morgan fingerprint density at radius 2 is 2.11 bits per heavy atom. The molecule has 0 radical (unpaired) electrons. The molecule has 1 aromatic carbocycles. The van der Waals surface area contributed by atoms with Gasteiger partial charge in [0, 0.05) is 4.83 Å². The molecule has 1 unspecified atom stereocenters. The number of hydrogen-bond acceptors (Lipinski definition) is 0. The van der Waals surface area contributed by atoms with Gasteiger partial charge in [-0.15, -0.1) is 0 Å². The Morgan fingerprint density at radius 1 is 1.37 bits per heavy atom. The van der Waals surface area contributed by atoms with E-state index in [1.54, 1.807) is 0 Å². The van der Waals surface area contributed by atoms with Crippen LogP contribution in [0.25, 0.3) is 12.2 Å². The van der Waals surface area contributed by atoms with Crippen molar-refractivity contribution in [2.45, 2.75) is 44.4 Å². The first-order valence-electron chi connectivity index (χ1n) is 7.23. The fraction of sp³-hybridized carbons (Fsp3) is 0.444. The van der Waals surface area contributed by atoms with Crippen LogP contribution in [0.2, 0.25) is 0 Å². The van der Waals surface area contributed by atoms with Crippen molar-refractivity contribution in [2.24, 2.45) is 5.92 Å². The Kier molecular flexibility index (Phi) is 3.42. The zero-order valence-corrected chi connectivity index (χ0v) is 13.4. The average molecular weight is 317 g/mol. The van der Waals surface area contributed by atoms with Crippen LogP contribution in [0.15, 0.2) is 18.2 Å². The van der Waals surface area contributed by atoms with Crippen LogP contribution >= 0.6 is 15.9 Å². The third-order valence-corrected chi connectivity index (χ3v) is 5.50. The maximum absolute atomic E-state index is 4.00. The molecule has 0 N–H and O–H groups in total. The second-order valence-corrected chi connectivity index (χ2v) is 7.06. The van der Waals surface area contributed by atoms with Crippen molar-refractivity contribution in [1.82, 2.24) is 0 Å². The second-order valence-electron chi connectivity index (χ2n) is 5.95. The highest BCUT2D eigenvalue weighted by molar-refractivity contribution is 9.09. The molecule has 19 heavy (non-hydrogen) atoms. The number of alkyl halides is 1. The van der Waals surface area contributed by atoms with Gasteiger partial charge in [0.1, 0.15) is 0 Å². The number of allylic oxidation sites excluding steroid dienone is 1. The van der Waals surface area contributed by atoms with E-state index in [-0.39, 0.29) is 0 Å². The molecule has 1 aromatic rings. The van der Waals surface area contributed by atoms with Crippen molar-refractivity contribution in [1.29, 1.82) is 0 Å². The number of rotatable bonds is 3. The highest BCUT2D eigenvalue weighted by atomic mass is 79.9. The topological polar surface area (TPSA) is 0 Å². The first-order valence-corrected chi connectivity index (χ1v) is 8.14. The lowest BCUT2D eigenvalue weighted by atomic mass is 9.92. The van der Waals surface area contributed by atoms with Crippen LogP contribution in [0.3, 0.4) is 0 Å². The van der Waals surface area contributed by atoms with Gasteiger partial charge in [0.05, 0.1) is 0 Å². The van der Waals surface area contributed by atoms with Crippen LogP contribution in [0.4, 0.5) is 0 Å². The van der Waals surface area contributed by atoms with Gasteiger partial charge >= 0.3 is 0 Å². The fourth-order valence-corrected chi connectivity index (χ4v) is 4.13. The largest absolute Gasteiger partial charge is 0.0984 e. The van der Waals surface area contributed by atoms with Crippen LogP contribution in [0, 0.1) is 12.8 Å². The van der Waals surface area contributed by atoms with E-state index in [2.05, 4.69) is 48.5 Å². The zero-order valence-electron chi connectivity index (χ0n) is 11.8. The summed E-state index contributed by atoms with van der Waals surface area (Å²) in [6.45, 7) is 8.56. The molecule has 2 aliphatic rings. The van der Waals surface area contributed by atoms with E-state index in [0.717, 1.165) is 5.92 Å². The maximum atomic E-state index is 4.00. The Bertz CT molecular complexity index is 562. The molecule has 0 spiro atoms. The predicted molar refractivity (Wildman–Crippen MR) is 87.6 cm³/mol. The summed E-state index contributed by atoms with van der Waals surface area (Å²) < 4.78 is 0. The standard InChI is InChI=1S/C18H21Br/c1-4-13-10-15-7-8-17(19)18(15)12(3)16(13)9-11(2)14-5-6-14/h4,9-10,14,17H,1,5-8H2,2-3H3/b11-9+. The minimum Gasteiger partial charge on any atom is -0.0984 e. The lowest BCUT2D eigenvalue weighted by Crippen LogP contribution is -1.97. The Hall–Kier alpha value is -0.820. The van der Waals surface area contributed by atoms with Crippen LogP contribution in [0.5, 0.6) is 0 Å². The average Bonchev–Trinajstić information content (AvgIpc) is 3.17. The number of benzene rings is 1. The normalized spacial score (nSPS) is 22.5. The molecule has 0 saturated heterocycles. The molecule has 0 nitrogen and oxygen atoms in total. The van der Waals surface area contributed by atoms with Gasteiger partial charge in [-0.2, -0.15) is 0 Å². The van der Waals surface area contributed by atoms with Crippen molar-refractivity contribution < 1.29 is 0 Å². The number of halogens is 1. The van der Waals surface area contributed by atoms with Gasteiger partial charge in [-0.25, -0.2) is 0 Å². The Morgan fingerprint density at radius 3 is 2.74 bits per heavy atom. The van der Waals surface area contributed by atoms with E-state index >= 15 is 0 Å². The van der Waals surface area contributed by atoms with Gasteiger partial charge in [0.15, 0.2) is 0 Å². The first-order chi connectivity index (χ1) is 9.11. The molecule has 1 heteroatoms. The Labute approximate surface area is 124 Å². The van der Waals surface area contributed by atoms with Gasteiger partial charge in [-0.1, -0.05) is 46.3 Å². The lowest BCUT2D eigenvalue weighted by molar-refractivity contribution is 0.901. The monoisotopic (exact) mass is 316 g/mol. The van der Waals surface area contributed by atoms with E-state index in [0.29, 0.717) is 4.83 Å². The third-order valence-electron chi connectivity index (χ3n) is 4.59. The molecular weight excluding hydrogens is 296 g/mol. The summed E-state index contributed by atoms with van der Waals surface area (Å²) in [6.07, 6.45) is 9.58. The summed E-state index contributed by atoms with van der Waals surface area (Å²) in [5.74, 6) is 0.838. The molecule has 1 saturated carbocycles. The number of fused-ring (bicyclic) bond motifs is 1. The van der Waals surface area contributed by atoms with Crippen molar-refractivity contribution in [3.63, 3.8) is 0 Å². The van der Waals surface area contributed by atoms with Gasteiger partial charge in [-0.05, 0) is 73.3 Å². The summed E-state index contributed by atoms with van der Waals surface area (Å²) >= 11 is 3.83. The molecule has 3 rings (SSSR count). The van der Waals surface area contributed by atoms with Crippen molar-refractivity contribution in [3.8, 4) is 0 Å². The van der Waals surface area contributed by atoms with Crippen LogP contribution in [-0.4, -0.2) is 0 Å². The summed E-state index contributed by atoms with van der Waals surface area (Å²) in [5.41, 5.74) is 8.72. The van der Waals surface area contributed by atoms with Crippen LogP contribution in [0.1, 0.15) is 58.8 Å².